The molecule has 1 aliphatic heterocycles. The van der Waals surface area contributed by atoms with Crippen LogP contribution in [0.4, 0.5) is 0 Å². The summed E-state index contributed by atoms with van der Waals surface area (Å²) in [5, 5.41) is 14.0. The topological polar surface area (TPSA) is 63.7 Å². The third-order valence-corrected chi connectivity index (χ3v) is 2.61. The van der Waals surface area contributed by atoms with E-state index in [9.17, 15) is 0 Å². The van der Waals surface area contributed by atoms with Gasteiger partial charge >= 0.3 is 0 Å². The SMILES string of the molecule is c1ccc2c(c1)CC(c1nn[nH]n1)CO2. The Hall–Kier alpha value is -1.91. The number of nitrogens with one attached hydrogen (secondary N) is 1. The minimum atomic E-state index is 0.207. The Labute approximate surface area is 86.5 Å². The molecule has 76 valence electrons. The van der Waals surface area contributed by atoms with Gasteiger partial charge in [-0.1, -0.05) is 23.4 Å². The molecule has 0 saturated heterocycles. The Morgan fingerprint density at radius 2 is 2.27 bits per heavy atom. The lowest BCUT2D eigenvalue weighted by Crippen LogP contribution is -2.20. The second kappa shape index (κ2) is 3.34. The van der Waals surface area contributed by atoms with E-state index in [1.54, 1.807) is 0 Å². The average molecular weight is 202 g/mol. The molecule has 1 unspecified atom stereocenters. The molecule has 0 fully saturated rings. The zero-order valence-corrected chi connectivity index (χ0v) is 8.05. The standard InChI is InChI=1S/C10H10N4O/c1-2-4-9-7(3-1)5-8(6-15-9)10-11-13-14-12-10/h1-4,8H,5-6H2,(H,11,12,13,14). The number of aromatic nitrogens is 4. The van der Waals surface area contributed by atoms with Crippen LogP contribution in [-0.2, 0) is 6.42 Å². The summed E-state index contributed by atoms with van der Waals surface area (Å²) in [7, 11) is 0. The van der Waals surface area contributed by atoms with Gasteiger partial charge in [0.15, 0.2) is 5.82 Å². The highest BCUT2D eigenvalue weighted by atomic mass is 16.5. The summed E-state index contributed by atoms with van der Waals surface area (Å²) >= 11 is 0. The molecule has 1 aromatic carbocycles. The van der Waals surface area contributed by atoms with E-state index in [1.807, 2.05) is 18.2 Å². The molecule has 1 atom stereocenters. The fourth-order valence-corrected chi connectivity index (χ4v) is 1.84. The molecular formula is C10H10N4O. The van der Waals surface area contributed by atoms with Crippen molar-refractivity contribution in [2.45, 2.75) is 12.3 Å². The van der Waals surface area contributed by atoms with E-state index in [0.29, 0.717) is 6.61 Å². The first-order chi connectivity index (χ1) is 7.43. The first-order valence-electron chi connectivity index (χ1n) is 4.87. The van der Waals surface area contributed by atoms with Crippen molar-refractivity contribution in [1.29, 1.82) is 0 Å². The highest BCUT2D eigenvalue weighted by Crippen LogP contribution is 2.30. The second-order valence-corrected chi connectivity index (χ2v) is 3.59. The van der Waals surface area contributed by atoms with Crippen LogP contribution < -0.4 is 4.74 Å². The van der Waals surface area contributed by atoms with Crippen molar-refractivity contribution in [1.82, 2.24) is 20.6 Å². The first-order valence-corrected chi connectivity index (χ1v) is 4.87. The maximum absolute atomic E-state index is 5.64. The summed E-state index contributed by atoms with van der Waals surface area (Å²) in [6, 6.07) is 8.05. The van der Waals surface area contributed by atoms with Crippen molar-refractivity contribution in [3.63, 3.8) is 0 Å². The van der Waals surface area contributed by atoms with E-state index in [0.717, 1.165) is 18.0 Å². The van der Waals surface area contributed by atoms with Crippen LogP contribution in [0.1, 0.15) is 17.3 Å². The summed E-state index contributed by atoms with van der Waals surface area (Å²) in [5.41, 5.74) is 1.21. The number of aromatic amines is 1. The molecule has 5 heteroatoms. The van der Waals surface area contributed by atoms with Gasteiger partial charge in [0.25, 0.3) is 0 Å². The predicted molar refractivity (Wildman–Crippen MR) is 52.6 cm³/mol. The number of hydrogen-bond acceptors (Lipinski definition) is 4. The fraction of sp³-hybridized carbons (Fsp3) is 0.300. The molecule has 0 aliphatic carbocycles. The lowest BCUT2D eigenvalue weighted by Gasteiger charge is -2.22. The van der Waals surface area contributed by atoms with Gasteiger partial charge in [0.1, 0.15) is 5.75 Å². The van der Waals surface area contributed by atoms with Gasteiger partial charge < -0.3 is 4.74 Å². The van der Waals surface area contributed by atoms with E-state index >= 15 is 0 Å². The van der Waals surface area contributed by atoms with E-state index in [2.05, 4.69) is 26.7 Å². The molecule has 0 saturated carbocycles. The molecule has 0 radical (unpaired) electrons. The highest BCUT2D eigenvalue weighted by Gasteiger charge is 2.23. The highest BCUT2D eigenvalue weighted by molar-refractivity contribution is 5.36. The number of nitrogens with zero attached hydrogens (tertiary/aromatic N) is 3. The van der Waals surface area contributed by atoms with Crippen molar-refractivity contribution in [2.75, 3.05) is 6.61 Å². The molecule has 0 amide bonds. The average Bonchev–Trinajstić information content (AvgIpc) is 2.82. The summed E-state index contributed by atoms with van der Waals surface area (Å²) < 4.78 is 5.64. The number of fused-ring (bicyclic) bond motifs is 1. The lowest BCUT2D eigenvalue weighted by atomic mass is 9.96. The molecule has 15 heavy (non-hydrogen) atoms. The fourth-order valence-electron chi connectivity index (χ4n) is 1.84. The van der Waals surface area contributed by atoms with Crippen LogP contribution in [0.3, 0.4) is 0 Å². The van der Waals surface area contributed by atoms with Crippen molar-refractivity contribution in [3.8, 4) is 5.75 Å². The van der Waals surface area contributed by atoms with Gasteiger partial charge in [-0.15, -0.1) is 10.2 Å². The van der Waals surface area contributed by atoms with Crippen molar-refractivity contribution < 1.29 is 4.74 Å². The largest absolute Gasteiger partial charge is 0.493 e. The summed E-state index contributed by atoms with van der Waals surface area (Å²) in [4.78, 5) is 0. The predicted octanol–water partition coefficient (Wildman–Crippen LogP) is 0.918. The van der Waals surface area contributed by atoms with E-state index < -0.39 is 0 Å². The van der Waals surface area contributed by atoms with Crippen LogP contribution in [-0.4, -0.2) is 27.2 Å². The number of ether oxygens (including phenoxy) is 1. The van der Waals surface area contributed by atoms with E-state index in [1.165, 1.54) is 5.56 Å². The van der Waals surface area contributed by atoms with Gasteiger partial charge in [-0.25, -0.2) is 0 Å². The maximum atomic E-state index is 5.64. The van der Waals surface area contributed by atoms with Crippen LogP contribution in [0.2, 0.25) is 0 Å². The number of rotatable bonds is 1. The molecule has 3 rings (SSSR count). The first kappa shape index (κ1) is 8.40. The van der Waals surface area contributed by atoms with Gasteiger partial charge in [-0.05, 0) is 18.1 Å². The number of para-hydroxylation sites is 1. The minimum Gasteiger partial charge on any atom is -0.493 e. The van der Waals surface area contributed by atoms with Gasteiger partial charge in [0, 0.05) is 0 Å². The minimum absolute atomic E-state index is 0.207. The maximum Gasteiger partial charge on any atom is 0.181 e. The lowest BCUT2D eigenvalue weighted by molar-refractivity contribution is 0.258. The van der Waals surface area contributed by atoms with E-state index in [4.69, 9.17) is 4.74 Å². The summed E-state index contributed by atoms with van der Waals surface area (Å²) in [5.74, 6) is 1.90. The van der Waals surface area contributed by atoms with Crippen molar-refractivity contribution in [3.05, 3.63) is 35.7 Å². The number of hydrogen-bond donors (Lipinski definition) is 1. The van der Waals surface area contributed by atoms with Gasteiger partial charge in [0.2, 0.25) is 0 Å². The Morgan fingerprint density at radius 3 is 3.13 bits per heavy atom. The number of tetrazole rings is 1. The molecule has 2 aromatic rings. The van der Waals surface area contributed by atoms with Crippen LogP contribution in [0.25, 0.3) is 0 Å². The zero-order chi connectivity index (χ0) is 10.1. The Morgan fingerprint density at radius 1 is 1.33 bits per heavy atom. The molecule has 1 aliphatic rings. The summed E-state index contributed by atoms with van der Waals surface area (Å²) in [6.45, 7) is 0.622. The Kier molecular flexibility index (Phi) is 1.87. The summed E-state index contributed by atoms with van der Waals surface area (Å²) in [6.07, 6.45) is 0.912. The Bertz CT molecular complexity index is 454. The molecule has 1 aromatic heterocycles. The van der Waals surface area contributed by atoms with E-state index in [-0.39, 0.29) is 5.92 Å². The van der Waals surface area contributed by atoms with Crippen LogP contribution in [0, 0.1) is 0 Å². The van der Waals surface area contributed by atoms with Crippen LogP contribution in [0.15, 0.2) is 24.3 Å². The van der Waals surface area contributed by atoms with Crippen LogP contribution in [0.5, 0.6) is 5.75 Å². The molecule has 2 heterocycles. The normalized spacial score (nSPS) is 19.3. The third kappa shape index (κ3) is 1.45. The van der Waals surface area contributed by atoms with Crippen LogP contribution >= 0.6 is 0 Å². The molecule has 5 nitrogen and oxygen atoms in total. The molecule has 0 bridgehead atoms. The van der Waals surface area contributed by atoms with Gasteiger partial charge in [-0.3, -0.25) is 0 Å². The van der Waals surface area contributed by atoms with Crippen molar-refractivity contribution >= 4 is 0 Å². The molecule has 0 spiro atoms. The second-order valence-electron chi connectivity index (χ2n) is 3.59. The number of H-pyrrole nitrogens is 1. The number of benzene rings is 1. The van der Waals surface area contributed by atoms with Crippen molar-refractivity contribution in [2.24, 2.45) is 0 Å². The molecule has 1 N–H and O–H groups in total. The Balaban J connectivity index is 1.89. The van der Waals surface area contributed by atoms with Gasteiger partial charge in [0.05, 0.1) is 12.5 Å². The quantitative estimate of drug-likeness (QED) is 0.746. The van der Waals surface area contributed by atoms with Gasteiger partial charge in [-0.2, -0.15) is 5.21 Å². The monoisotopic (exact) mass is 202 g/mol. The zero-order valence-electron chi connectivity index (χ0n) is 8.05. The smallest absolute Gasteiger partial charge is 0.181 e. The molecular weight excluding hydrogens is 192 g/mol. The third-order valence-electron chi connectivity index (χ3n) is 2.61.